The van der Waals surface area contributed by atoms with Crippen LogP contribution in [-0.4, -0.2) is 38.3 Å². The summed E-state index contributed by atoms with van der Waals surface area (Å²) in [5.41, 5.74) is 2.48. The molecule has 0 unspecified atom stereocenters. The summed E-state index contributed by atoms with van der Waals surface area (Å²) >= 11 is 0. The Morgan fingerprint density at radius 3 is 1.59 bits per heavy atom. The summed E-state index contributed by atoms with van der Waals surface area (Å²) in [5, 5.41) is 0. The molecule has 0 radical (unpaired) electrons. The van der Waals surface area contributed by atoms with E-state index in [1.165, 1.54) is 0 Å². The highest BCUT2D eigenvalue weighted by molar-refractivity contribution is 5.47. The Balaban J connectivity index is 1.57. The predicted octanol–water partition coefficient (Wildman–Crippen LogP) is 4.13. The van der Waals surface area contributed by atoms with Crippen molar-refractivity contribution in [1.82, 2.24) is 0 Å². The highest BCUT2D eigenvalue weighted by Gasteiger charge is 2.59. The largest absolute Gasteiger partial charge is 0.361 e. The van der Waals surface area contributed by atoms with Gasteiger partial charge in [0, 0.05) is 7.11 Å². The maximum Gasteiger partial charge on any atom is 0.186 e. The van der Waals surface area contributed by atoms with Gasteiger partial charge in [0.15, 0.2) is 6.29 Å². The Kier molecular flexibility index (Phi) is 4.94. The van der Waals surface area contributed by atoms with Crippen LogP contribution in [0.5, 0.6) is 0 Å². The van der Waals surface area contributed by atoms with Gasteiger partial charge in [-0.15, -0.1) is 0 Å². The van der Waals surface area contributed by atoms with Crippen LogP contribution in [-0.2, 0) is 24.5 Å². The normalized spacial score (nSPS) is 25.6. The summed E-state index contributed by atoms with van der Waals surface area (Å²) in [6, 6.07) is 31.0. The smallest absolute Gasteiger partial charge is 0.186 e. The minimum atomic E-state index is -0.747. The number of fused-ring (bicyclic) bond motifs is 1. The predicted molar refractivity (Wildman–Crippen MR) is 109 cm³/mol. The quantitative estimate of drug-likeness (QED) is 0.451. The second-order valence-corrected chi connectivity index (χ2v) is 7.43. The van der Waals surface area contributed by atoms with Crippen molar-refractivity contribution >= 4 is 0 Å². The summed E-state index contributed by atoms with van der Waals surface area (Å²) in [6.45, 7) is 0.402. The van der Waals surface area contributed by atoms with Crippen molar-refractivity contribution in [1.29, 1.82) is 0 Å². The van der Waals surface area contributed by atoms with Gasteiger partial charge in [-0.2, -0.15) is 0 Å². The molecular weight excluding hydrogens is 364 g/mol. The first-order chi connectivity index (χ1) is 14.3. The molecule has 5 rings (SSSR count). The van der Waals surface area contributed by atoms with Crippen molar-refractivity contribution in [3.05, 3.63) is 108 Å². The van der Waals surface area contributed by atoms with E-state index in [4.69, 9.17) is 18.9 Å². The van der Waals surface area contributed by atoms with Gasteiger partial charge in [0.05, 0.1) is 6.61 Å². The van der Waals surface area contributed by atoms with Crippen LogP contribution in [0.15, 0.2) is 91.0 Å². The molecule has 2 saturated heterocycles. The zero-order valence-corrected chi connectivity index (χ0v) is 16.3. The van der Waals surface area contributed by atoms with Crippen LogP contribution in [0.3, 0.4) is 0 Å². The van der Waals surface area contributed by atoms with Gasteiger partial charge in [-0.3, -0.25) is 0 Å². The topological polar surface area (TPSA) is 40.2 Å². The van der Waals surface area contributed by atoms with E-state index < -0.39 is 5.60 Å². The Hall–Kier alpha value is -2.50. The Morgan fingerprint density at radius 2 is 1.17 bits per heavy atom. The molecule has 2 fully saturated rings. The first kappa shape index (κ1) is 18.5. The molecule has 29 heavy (non-hydrogen) atoms. The monoisotopic (exact) mass is 388 g/mol. The van der Waals surface area contributed by atoms with Crippen LogP contribution in [0.4, 0.5) is 0 Å². The van der Waals surface area contributed by atoms with Crippen LogP contribution >= 0.6 is 0 Å². The second-order valence-electron chi connectivity index (χ2n) is 7.43. The number of hydrogen-bond acceptors (Lipinski definition) is 4. The van der Waals surface area contributed by atoms with Crippen LogP contribution in [0.1, 0.15) is 16.7 Å². The first-order valence-corrected chi connectivity index (χ1v) is 9.97. The molecule has 3 aromatic rings. The lowest BCUT2D eigenvalue weighted by Crippen LogP contribution is -2.37. The summed E-state index contributed by atoms with van der Waals surface area (Å²) in [7, 11) is 1.65. The van der Waals surface area contributed by atoms with Crippen LogP contribution in [0.2, 0.25) is 0 Å². The standard InChI is InChI=1S/C25H24O4/c1-26-24-23-22(29-23)21(28-24)17-27-25(18-11-5-2-6-12-18,19-13-7-3-8-14-19)20-15-9-4-10-16-20/h2-16,21-24H,17H2,1H3/t21-,22-,23-,24-/m1/s1. The number of benzene rings is 3. The number of ether oxygens (including phenoxy) is 4. The molecule has 4 atom stereocenters. The van der Waals surface area contributed by atoms with E-state index in [-0.39, 0.29) is 24.6 Å². The molecule has 0 N–H and O–H groups in total. The number of epoxide rings is 1. The second kappa shape index (κ2) is 7.73. The molecule has 4 nitrogen and oxygen atoms in total. The molecule has 0 aliphatic carbocycles. The maximum absolute atomic E-state index is 6.80. The third-order valence-electron chi connectivity index (χ3n) is 5.74. The van der Waals surface area contributed by atoms with Crippen LogP contribution < -0.4 is 0 Å². The summed E-state index contributed by atoms with van der Waals surface area (Å²) < 4.78 is 23.9. The lowest BCUT2D eigenvalue weighted by atomic mass is 9.80. The van der Waals surface area contributed by atoms with E-state index >= 15 is 0 Å². The van der Waals surface area contributed by atoms with Crippen molar-refractivity contribution in [3.63, 3.8) is 0 Å². The van der Waals surface area contributed by atoms with Crippen LogP contribution in [0.25, 0.3) is 0 Å². The third-order valence-corrected chi connectivity index (χ3v) is 5.74. The molecule has 4 heteroatoms. The summed E-state index contributed by atoms with van der Waals surface area (Å²) in [4.78, 5) is 0. The average Bonchev–Trinajstić information content (AvgIpc) is 3.52. The lowest BCUT2D eigenvalue weighted by Gasteiger charge is -2.36. The van der Waals surface area contributed by atoms with Crippen LogP contribution in [0, 0.1) is 0 Å². The molecule has 0 aromatic heterocycles. The van der Waals surface area contributed by atoms with Gasteiger partial charge in [-0.25, -0.2) is 0 Å². The molecule has 2 aliphatic heterocycles. The Labute approximate surface area is 171 Å². The van der Waals surface area contributed by atoms with E-state index in [0.717, 1.165) is 16.7 Å². The SMILES string of the molecule is CO[C@@H]1O[C@H](COC(c2ccccc2)(c2ccccc2)c2ccccc2)[C@H]2O[C@@H]12. The molecule has 0 bridgehead atoms. The number of hydrogen-bond donors (Lipinski definition) is 0. The van der Waals surface area contributed by atoms with Crippen molar-refractivity contribution in [2.75, 3.05) is 13.7 Å². The molecule has 0 spiro atoms. The molecule has 2 heterocycles. The fourth-order valence-corrected chi connectivity index (χ4v) is 4.28. The van der Waals surface area contributed by atoms with Gasteiger partial charge in [-0.1, -0.05) is 91.0 Å². The van der Waals surface area contributed by atoms with Crippen molar-refractivity contribution in [2.24, 2.45) is 0 Å². The number of methoxy groups -OCH3 is 1. The maximum atomic E-state index is 6.80. The zero-order chi connectivity index (χ0) is 19.7. The van der Waals surface area contributed by atoms with Gasteiger partial charge in [0.25, 0.3) is 0 Å². The van der Waals surface area contributed by atoms with E-state index in [9.17, 15) is 0 Å². The van der Waals surface area contributed by atoms with Crippen molar-refractivity contribution < 1.29 is 18.9 Å². The highest BCUT2D eigenvalue weighted by Crippen LogP contribution is 2.44. The fraction of sp³-hybridized carbons (Fsp3) is 0.280. The fourth-order valence-electron chi connectivity index (χ4n) is 4.28. The van der Waals surface area contributed by atoms with E-state index in [0.29, 0.717) is 6.61 Å². The molecular formula is C25H24O4. The van der Waals surface area contributed by atoms with Gasteiger partial charge in [-0.05, 0) is 16.7 Å². The minimum absolute atomic E-state index is 0.0215. The molecule has 2 aliphatic rings. The number of rotatable bonds is 7. The molecule has 0 saturated carbocycles. The summed E-state index contributed by atoms with van der Waals surface area (Å²) in [6.07, 6.45) is -0.401. The molecule has 0 amide bonds. The Morgan fingerprint density at radius 1 is 0.690 bits per heavy atom. The minimum Gasteiger partial charge on any atom is -0.361 e. The highest BCUT2D eigenvalue weighted by atomic mass is 16.8. The van der Waals surface area contributed by atoms with E-state index in [2.05, 4.69) is 36.4 Å². The average molecular weight is 388 g/mol. The van der Waals surface area contributed by atoms with Crippen molar-refractivity contribution in [2.45, 2.75) is 30.2 Å². The van der Waals surface area contributed by atoms with Gasteiger partial charge >= 0.3 is 0 Å². The van der Waals surface area contributed by atoms with Crippen molar-refractivity contribution in [3.8, 4) is 0 Å². The van der Waals surface area contributed by atoms with Gasteiger partial charge in [0.1, 0.15) is 23.9 Å². The molecule has 148 valence electrons. The Bertz CT molecular complexity index is 832. The first-order valence-electron chi connectivity index (χ1n) is 9.97. The van der Waals surface area contributed by atoms with Gasteiger partial charge < -0.3 is 18.9 Å². The zero-order valence-electron chi connectivity index (χ0n) is 16.3. The van der Waals surface area contributed by atoms with E-state index in [1.807, 2.05) is 54.6 Å². The lowest BCUT2D eigenvalue weighted by molar-refractivity contribution is -0.178. The summed E-state index contributed by atoms with van der Waals surface area (Å²) in [5.74, 6) is 0. The molecule has 3 aromatic carbocycles. The van der Waals surface area contributed by atoms with Gasteiger partial charge in [0.2, 0.25) is 0 Å². The third kappa shape index (κ3) is 3.28. The van der Waals surface area contributed by atoms with E-state index in [1.54, 1.807) is 7.11 Å².